The number of amides is 6. The van der Waals surface area contributed by atoms with Gasteiger partial charge in [-0.2, -0.15) is 26.3 Å². The molecule has 9 rings (SSSR count). The molecule has 482 valence electrons. The third kappa shape index (κ3) is 17.2. The number of hydrogen-bond donors (Lipinski definition) is 6. The minimum atomic E-state index is -4.27. The van der Waals surface area contributed by atoms with Crippen LogP contribution in [-0.2, 0) is 38.7 Å². The highest BCUT2D eigenvalue weighted by molar-refractivity contribution is 6.07. The highest BCUT2D eigenvalue weighted by atomic mass is 19.3. The monoisotopic (exact) mass is 1290 g/mol. The molecule has 0 aromatic heterocycles. The van der Waals surface area contributed by atoms with E-state index in [1.165, 1.54) is 56.4 Å². The zero-order valence-electron chi connectivity index (χ0n) is 49.2. The van der Waals surface area contributed by atoms with E-state index in [4.69, 9.17) is 0 Å². The number of aliphatic imine (C=N–C) groups is 1. The Balaban J connectivity index is 0.000000196. The lowest BCUT2D eigenvalue weighted by molar-refractivity contribution is -0.161. The van der Waals surface area contributed by atoms with Crippen LogP contribution in [0.1, 0.15) is 94.8 Å². The summed E-state index contributed by atoms with van der Waals surface area (Å²) in [6.07, 6.45) is 3.52. The lowest BCUT2D eigenvalue weighted by atomic mass is 9.94. The first-order chi connectivity index (χ1) is 43.4. The molecule has 6 amide bonds. The number of benzene rings is 7. The first-order valence-electron chi connectivity index (χ1n) is 27.9. The maximum atomic E-state index is 15.2. The van der Waals surface area contributed by atoms with Gasteiger partial charge < -0.3 is 36.6 Å². The van der Waals surface area contributed by atoms with Crippen LogP contribution in [0.25, 0.3) is 0 Å². The van der Waals surface area contributed by atoms with E-state index in [0.717, 1.165) is 41.3 Å². The number of halogens is 12. The highest BCUT2D eigenvalue weighted by Crippen LogP contribution is 2.37. The predicted octanol–water partition coefficient (Wildman–Crippen LogP) is 12.9. The van der Waals surface area contributed by atoms with E-state index < -0.39 is 116 Å². The fourth-order valence-electron chi connectivity index (χ4n) is 9.20. The second kappa shape index (κ2) is 29.7. The van der Waals surface area contributed by atoms with Gasteiger partial charge in [0, 0.05) is 83.3 Å². The summed E-state index contributed by atoms with van der Waals surface area (Å²) >= 11 is 0. The number of piperidine rings is 1. The minimum absolute atomic E-state index is 0.00381. The van der Waals surface area contributed by atoms with Gasteiger partial charge in [-0.3, -0.25) is 33.8 Å². The molecule has 6 N–H and O–H groups in total. The van der Waals surface area contributed by atoms with Gasteiger partial charge in [0.15, 0.2) is 11.6 Å². The van der Waals surface area contributed by atoms with Crippen LogP contribution < -0.4 is 26.6 Å². The molecule has 2 heterocycles. The number of aliphatic hydroxyl groups excluding tert-OH is 1. The average Bonchev–Trinajstić information content (AvgIpc) is 1.02. The lowest BCUT2D eigenvalue weighted by Gasteiger charge is -2.32. The number of aryl methyl sites for hydroxylation is 4. The summed E-state index contributed by atoms with van der Waals surface area (Å²) in [4.78, 5) is 78.9. The summed E-state index contributed by atoms with van der Waals surface area (Å²) in [6, 6.07) is 25.5. The number of alkyl halides is 6. The van der Waals surface area contributed by atoms with Crippen LogP contribution in [0.2, 0.25) is 0 Å². The molecule has 26 heteroatoms. The Morgan fingerprint density at radius 3 is 1.43 bits per heavy atom. The SMILES string of the molecule is Cc1cc(NC(=O)c2cc(C(F)(F)C(=O)N3CCC(O)CC3)c(C)cc2C)ccc1F.Cc1cc(NC(=O)c2ccc(F)c(C(F)(F)C(=O)NCC3=NC=CC3)c2)ccc1F.O=C(Nc1ccc(F)c(F)c1)c1ccc(F)c(C(F)(F)C(=O)NCc2ccccc2)c1. The summed E-state index contributed by atoms with van der Waals surface area (Å²) in [5.74, 6) is -25.5. The average molecular weight is 1290 g/mol. The summed E-state index contributed by atoms with van der Waals surface area (Å²) in [7, 11) is 0. The van der Waals surface area contributed by atoms with Gasteiger partial charge in [0.1, 0.15) is 23.3 Å². The fraction of sp³-hybridized carbons (Fsp3) is 0.227. The van der Waals surface area contributed by atoms with Crippen LogP contribution in [0.5, 0.6) is 0 Å². The topological polar surface area (TPSA) is 198 Å². The Hall–Kier alpha value is -10.1. The van der Waals surface area contributed by atoms with Gasteiger partial charge in [-0.1, -0.05) is 42.5 Å². The number of anilines is 3. The number of carbonyl (C=O) groups excluding carboxylic acids is 6. The maximum Gasteiger partial charge on any atom is 0.352 e. The van der Waals surface area contributed by atoms with E-state index in [1.54, 1.807) is 50.3 Å². The van der Waals surface area contributed by atoms with Gasteiger partial charge in [0.05, 0.1) is 23.8 Å². The molecule has 14 nitrogen and oxygen atoms in total. The van der Waals surface area contributed by atoms with Crippen molar-refractivity contribution in [2.45, 2.75) is 77.4 Å². The van der Waals surface area contributed by atoms with Crippen molar-refractivity contribution < 1.29 is 86.6 Å². The van der Waals surface area contributed by atoms with Crippen molar-refractivity contribution in [3.05, 3.63) is 242 Å². The molecule has 0 saturated carbocycles. The van der Waals surface area contributed by atoms with Crippen LogP contribution in [0.15, 0.2) is 151 Å². The zero-order valence-corrected chi connectivity index (χ0v) is 49.2. The molecule has 1 fully saturated rings. The van der Waals surface area contributed by atoms with Gasteiger partial charge in [-0.05, 0) is 159 Å². The minimum Gasteiger partial charge on any atom is -0.393 e. The summed E-state index contributed by atoms with van der Waals surface area (Å²) in [5.41, 5.74) is -0.979. The Bertz CT molecular complexity index is 4010. The van der Waals surface area contributed by atoms with Crippen molar-refractivity contribution >= 4 is 58.2 Å². The highest BCUT2D eigenvalue weighted by Gasteiger charge is 2.47. The molecule has 7 aromatic rings. The summed E-state index contributed by atoms with van der Waals surface area (Å²) < 4.78 is 170. The first kappa shape index (κ1) is 69.4. The number of allylic oxidation sites excluding steroid dienone is 1. The Morgan fingerprint density at radius 1 is 0.489 bits per heavy atom. The van der Waals surface area contributed by atoms with Gasteiger partial charge in [0.2, 0.25) is 0 Å². The molecule has 2 aliphatic heterocycles. The third-order valence-electron chi connectivity index (χ3n) is 14.4. The van der Waals surface area contributed by atoms with E-state index in [9.17, 15) is 77.8 Å². The number of nitrogens with one attached hydrogen (secondary N) is 5. The molecule has 2 aliphatic rings. The van der Waals surface area contributed by atoms with E-state index in [2.05, 4.69) is 20.9 Å². The van der Waals surface area contributed by atoms with E-state index in [0.29, 0.717) is 64.8 Å². The first-order valence-corrected chi connectivity index (χ1v) is 27.9. The summed E-state index contributed by atoms with van der Waals surface area (Å²) in [6.45, 7) is 5.83. The standard InChI is InChI=1S/C23H25F3N2O3.C22H15F5N2O2.C21H17F4N3O2/c1-13-10-14(2)19(23(25,26)22(31)28-8-6-17(29)7-9-28)12-18(13)21(30)27-16-4-5-20(24)15(3)11-16;23-17-8-6-14(20(30)29-15-7-9-18(24)19(25)11-15)10-16(17)22(26,27)21(31)28-12-13-4-2-1-3-5-13;1-12-9-14(5-7-17(12)22)28-19(29)13-4-6-18(23)16(10-13)21(24,25)20(30)27-11-15-3-2-8-26-15/h4-5,10-12,17,29H,6-9H2,1-3H3,(H,27,30);1-11H,12H2,(H,28,31)(H,29,30);2,4-10H,3,11H2,1H3,(H,27,30)(H,28,29). The molecule has 1 saturated heterocycles. The molecule has 7 aromatic carbocycles. The molecule has 92 heavy (non-hydrogen) atoms. The van der Waals surface area contributed by atoms with Crippen LogP contribution in [0.3, 0.4) is 0 Å². The second-order valence-corrected chi connectivity index (χ2v) is 21.2. The number of rotatable bonds is 16. The van der Waals surface area contributed by atoms with Gasteiger partial charge in [-0.15, -0.1) is 0 Å². The molecule has 0 bridgehead atoms. The predicted molar refractivity (Wildman–Crippen MR) is 317 cm³/mol. The number of aliphatic hydroxyl groups is 1. The van der Waals surface area contributed by atoms with E-state index in [1.807, 2.05) is 10.6 Å². The van der Waals surface area contributed by atoms with Crippen molar-refractivity contribution in [2.75, 3.05) is 35.6 Å². The van der Waals surface area contributed by atoms with Crippen LogP contribution >= 0.6 is 0 Å². The van der Waals surface area contributed by atoms with Crippen LogP contribution in [0, 0.1) is 62.6 Å². The number of nitrogens with zero attached hydrogens (tertiary/aromatic N) is 2. The Morgan fingerprint density at radius 2 is 0.957 bits per heavy atom. The number of hydrogen-bond acceptors (Lipinski definition) is 8. The number of likely N-dealkylation sites (tertiary alicyclic amines) is 1. The van der Waals surface area contributed by atoms with Gasteiger partial charge in [0.25, 0.3) is 35.4 Å². The Kier molecular flexibility index (Phi) is 22.4. The molecular formula is C66H57F12N7O7. The van der Waals surface area contributed by atoms with Crippen LogP contribution in [-0.4, -0.2) is 76.9 Å². The van der Waals surface area contributed by atoms with Gasteiger partial charge in [-0.25, -0.2) is 26.3 Å². The maximum absolute atomic E-state index is 15.2. The number of carbonyl (C=O) groups is 6. The van der Waals surface area contributed by atoms with Crippen molar-refractivity contribution in [2.24, 2.45) is 4.99 Å². The molecule has 0 spiro atoms. The smallest absolute Gasteiger partial charge is 0.352 e. The van der Waals surface area contributed by atoms with E-state index >= 15 is 8.78 Å². The van der Waals surface area contributed by atoms with Gasteiger partial charge >= 0.3 is 17.8 Å². The Labute approximate surface area is 518 Å². The lowest BCUT2D eigenvalue weighted by Crippen LogP contribution is -2.47. The van der Waals surface area contributed by atoms with Crippen LogP contribution in [0.4, 0.5) is 69.7 Å². The summed E-state index contributed by atoms with van der Waals surface area (Å²) in [5, 5.41) is 20.8. The molecule has 0 radical (unpaired) electrons. The van der Waals surface area contributed by atoms with Crippen molar-refractivity contribution in [1.82, 2.24) is 15.5 Å². The van der Waals surface area contributed by atoms with E-state index in [-0.39, 0.29) is 72.6 Å². The molecule has 0 aliphatic carbocycles. The zero-order chi connectivity index (χ0) is 67.4. The molecule has 0 atom stereocenters. The normalized spacial score (nSPS) is 13.1. The second-order valence-electron chi connectivity index (χ2n) is 21.2. The fourth-order valence-corrected chi connectivity index (χ4v) is 9.20. The quantitative estimate of drug-likeness (QED) is 0.0517. The van der Waals surface area contributed by atoms with Crippen molar-refractivity contribution in [3.8, 4) is 0 Å². The molecule has 0 unspecified atom stereocenters. The third-order valence-corrected chi connectivity index (χ3v) is 14.4. The van der Waals surface area contributed by atoms with Crippen molar-refractivity contribution in [3.63, 3.8) is 0 Å². The van der Waals surface area contributed by atoms with Crippen molar-refractivity contribution in [1.29, 1.82) is 0 Å². The molecular weight excluding hydrogens is 1230 g/mol. The largest absolute Gasteiger partial charge is 0.393 e.